The first kappa shape index (κ1) is 16.8. The minimum atomic E-state index is 0.0773. The van der Waals surface area contributed by atoms with Crippen molar-refractivity contribution in [2.24, 2.45) is 5.41 Å². The number of carbonyl (C=O) groups is 1. The number of nitrogens with one attached hydrogen (secondary N) is 1. The molecule has 0 bridgehead atoms. The van der Waals surface area contributed by atoms with Gasteiger partial charge in [-0.2, -0.15) is 0 Å². The number of rotatable bonds is 8. The Labute approximate surface area is 111 Å². The van der Waals surface area contributed by atoms with E-state index in [1.165, 1.54) is 12.8 Å². The molecule has 1 N–H and O–H groups in total. The lowest BCUT2D eigenvalue weighted by atomic mass is 9.85. The summed E-state index contributed by atoms with van der Waals surface area (Å²) in [6.07, 6.45) is 6.06. The van der Waals surface area contributed by atoms with Crippen LogP contribution in [0.1, 0.15) is 66.2 Å². The van der Waals surface area contributed by atoms with Crippen molar-refractivity contribution in [2.75, 3.05) is 5.88 Å². The third-order valence-electron chi connectivity index (χ3n) is 3.04. The second-order valence-electron chi connectivity index (χ2n) is 5.77. The van der Waals surface area contributed by atoms with E-state index in [1.54, 1.807) is 0 Å². The highest BCUT2D eigenvalue weighted by Gasteiger charge is 2.25. The number of halogens is 1. The maximum absolute atomic E-state index is 11.8. The van der Waals surface area contributed by atoms with Crippen molar-refractivity contribution in [3.63, 3.8) is 0 Å². The molecular weight excluding hydrogens is 234 g/mol. The zero-order chi connectivity index (χ0) is 13.3. The molecule has 102 valence electrons. The van der Waals surface area contributed by atoms with Crippen LogP contribution in [0.25, 0.3) is 0 Å². The van der Waals surface area contributed by atoms with E-state index in [0.29, 0.717) is 12.3 Å². The molecule has 0 aliphatic rings. The van der Waals surface area contributed by atoms with Crippen molar-refractivity contribution in [3.8, 4) is 0 Å². The number of carbonyl (C=O) groups excluding carboxylic acids is 1. The minimum Gasteiger partial charge on any atom is -0.353 e. The van der Waals surface area contributed by atoms with Gasteiger partial charge in [0.1, 0.15) is 0 Å². The van der Waals surface area contributed by atoms with Crippen LogP contribution in [-0.2, 0) is 4.79 Å². The van der Waals surface area contributed by atoms with E-state index in [4.69, 9.17) is 11.6 Å². The number of amides is 1. The van der Waals surface area contributed by atoms with Crippen LogP contribution < -0.4 is 5.32 Å². The predicted molar refractivity (Wildman–Crippen MR) is 75.5 cm³/mol. The third kappa shape index (κ3) is 8.48. The van der Waals surface area contributed by atoms with Crippen molar-refractivity contribution in [1.82, 2.24) is 5.32 Å². The zero-order valence-corrected chi connectivity index (χ0v) is 12.6. The summed E-state index contributed by atoms with van der Waals surface area (Å²) in [4.78, 5) is 11.8. The lowest BCUT2D eigenvalue weighted by Gasteiger charge is -2.31. The first-order valence-corrected chi connectivity index (χ1v) is 7.30. The summed E-state index contributed by atoms with van der Waals surface area (Å²) in [5.74, 6) is 0.768. The molecule has 0 aliphatic carbocycles. The quantitative estimate of drug-likeness (QED) is 0.517. The lowest BCUT2D eigenvalue weighted by molar-refractivity contribution is -0.122. The molecule has 0 fully saturated rings. The molecule has 1 atom stereocenters. The summed E-state index contributed by atoms with van der Waals surface area (Å²) in [5, 5.41) is 3.11. The Bertz CT molecular complexity index is 211. The molecular formula is C14H28ClNO. The van der Waals surface area contributed by atoms with Crippen LogP contribution >= 0.6 is 11.6 Å². The van der Waals surface area contributed by atoms with Crippen LogP contribution in [0.2, 0.25) is 0 Å². The second kappa shape index (κ2) is 8.79. The molecule has 0 saturated heterocycles. The van der Waals surface area contributed by atoms with E-state index in [0.717, 1.165) is 19.3 Å². The highest BCUT2D eigenvalue weighted by molar-refractivity contribution is 6.17. The Kier molecular flexibility index (Phi) is 8.67. The van der Waals surface area contributed by atoms with Crippen molar-refractivity contribution in [1.29, 1.82) is 0 Å². The van der Waals surface area contributed by atoms with Crippen molar-refractivity contribution in [3.05, 3.63) is 0 Å². The highest BCUT2D eigenvalue weighted by atomic mass is 35.5. The maximum atomic E-state index is 11.8. The molecule has 0 spiro atoms. The fourth-order valence-electron chi connectivity index (χ4n) is 1.81. The van der Waals surface area contributed by atoms with Gasteiger partial charge < -0.3 is 5.32 Å². The molecule has 0 saturated carbocycles. The SMILES string of the molecule is CCCCCCC(=O)NC(CCCl)C(C)(C)C. The fourth-order valence-corrected chi connectivity index (χ4v) is 2.03. The maximum Gasteiger partial charge on any atom is 0.220 e. The Morgan fingerprint density at radius 2 is 1.88 bits per heavy atom. The standard InChI is InChI=1S/C14H28ClNO/c1-5-6-7-8-9-13(17)16-12(10-11-15)14(2,3)4/h12H,5-11H2,1-4H3,(H,16,17). The average molecular weight is 262 g/mol. The molecule has 17 heavy (non-hydrogen) atoms. The zero-order valence-electron chi connectivity index (χ0n) is 11.8. The number of alkyl halides is 1. The van der Waals surface area contributed by atoms with E-state index in [1.807, 2.05) is 0 Å². The first-order chi connectivity index (χ1) is 7.91. The average Bonchev–Trinajstić information content (AvgIpc) is 2.22. The molecule has 0 rings (SSSR count). The molecule has 0 aliphatic heterocycles. The smallest absolute Gasteiger partial charge is 0.220 e. The van der Waals surface area contributed by atoms with Gasteiger partial charge in [0.15, 0.2) is 0 Å². The van der Waals surface area contributed by atoms with Gasteiger partial charge in [-0.3, -0.25) is 4.79 Å². The summed E-state index contributed by atoms with van der Waals surface area (Å²) in [5.41, 5.74) is 0.0773. The van der Waals surface area contributed by atoms with Crippen LogP contribution in [-0.4, -0.2) is 17.8 Å². The van der Waals surface area contributed by atoms with E-state index in [-0.39, 0.29) is 17.4 Å². The van der Waals surface area contributed by atoms with Gasteiger partial charge in [0.25, 0.3) is 0 Å². The van der Waals surface area contributed by atoms with Crippen LogP contribution in [0, 0.1) is 5.41 Å². The molecule has 2 nitrogen and oxygen atoms in total. The van der Waals surface area contributed by atoms with Crippen LogP contribution in [0.3, 0.4) is 0 Å². The third-order valence-corrected chi connectivity index (χ3v) is 3.25. The lowest BCUT2D eigenvalue weighted by Crippen LogP contribution is -2.43. The van der Waals surface area contributed by atoms with Crippen LogP contribution in [0.5, 0.6) is 0 Å². The summed E-state index contributed by atoms with van der Waals surface area (Å²) in [6.45, 7) is 8.60. The summed E-state index contributed by atoms with van der Waals surface area (Å²) >= 11 is 5.78. The van der Waals surface area contributed by atoms with Gasteiger partial charge in [0.05, 0.1) is 0 Å². The normalized spacial score (nSPS) is 13.5. The Morgan fingerprint density at radius 3 is 2.35 bits per heavy atom. The van der Waals surface area contributed by atoms with Gasteiger partial charge in [-0.25, -0.2) is 0 Å². The second-order valence-corrected chi connectivity index (χ2v) is 6.15. The van der Waals surface area contributed by atoms with Gasteiger partial charge in [-0.05, 0) is 18.3 Å². The predicted octanol–water partition coefficient (Wildman–Crippen LogP) is 4.12. The van der Waals surface area contributed by atoms with Gasteiger partial charge in [-0.15, -0.1) is 11.6 Å². The van der Waals surface area contributed by atoms with E-state index < -0.39 is 0 Å². The largest absolute Gasteiger partial charge is 0.353 e. The monoisotopic (exact) mass is 261 g/mol. The van der Waals surface area contributed by atoms with Gasteiger partial charge in [-0.1, -0.05) is 47.0 Å². The van der Waals surface area contributed by atoms with Gasteiger partial charge in [0.2, 0.25) is 5.91 Å². The van der Waals surface area contributed by atoms with Crippen molar-refractivity contribution in [2.45, 2.75) is 72.3 Å². The Balaban J connectivity index is 3.96. The molecule has 0 radical (unpaired) electrons. The van der Waals surface area contributed by atoms with Crippen LogP contribution in [0.15, 0.2) is 0 Å². The minimum absolute atomic E-state index is 0.0773. The highest BCUT2D eigenvalue weighted by Crippen LogP contribution is 2.22. The molecule has 0 heterocycles. The van der Waals surface area contributed by atoms with Crippen molar-refractivity contribution < 1.29 is 4.79 Å². The molecule has 1 amide bonds. The molecule has 0 aromatic carbocycles. The number of unbranched alkanes of at least 4 members (excludes halogenated alkanes) is 3. The van der Waals surface area contributed by atoms with Crippen molar-refractivity contribution >= 4 is 17.5 Å². The Hall–Kier alpha value is -0.240. The summed E-state index contributed by atoms with van der Waals surface area (Å²) in [6, 6.07) is 0.179. The van der Waals surface area contributed by atoms with E-state index in [9.17, 15) is 4.79 Å². The van der Waals surface area contributed by atoms with Gasteiger partial charge >= 0.3 is 0 Å². The summed E-state index contributed by atoms with van der Waals surface area (Å²) in [7, 11) is 0. The fraction of sp³-hybridized carbons (Fsp3) is 0.929. The topological polar surface area (TPSA) is 29.1 Å². The van der Waals surface area contributed by atoms with E-state index in [2.05, 4.69) is 33.0 Å². The molecule has 0 aromatic heterocycles. The van der Waals surface area contributed by atoms with Crippen LogP contribution in [0.4, 0.5) is 0 Å². The number of hydrogen-bond donors (Lipinski definition) is 1. The Morgan fingerprint density at radius 1 is 1.24 bits per heavy atom. The van der Waals surface area contributed by atoms with Gasteiger partial charge in [0, 0.05) is 18.3 Å². The molecule has 0 aromatic rings. The first-order valence-electron chi connectivity index (χ1n) is 6.77. The summed E-state index contributed by atoms with van der Waals surface area (Å²) < 4.78 is 0. The number of hydrogen-bond acceptors (Lipinski definition) is 1. The van der Waals surface area contributed by atoms with E-state index >= 15 is 0 Å². The molecule has 1 unspecified atom stereocenters. The molecule has 3 heteroatoms.